The second kappa shape index (κ2) is 3.75. The van der Waals surface area contributed by atoms with E-state index >= 15 is 0 Å². The molecule has 0 saturated carbocycles. The van der Waals surface area contributed by atoms with Crippen LogP contribution in [0.3, 0.4) is 0 Å². The van der Waals surface area contributed by atoms with Crippen LogP contribution in [0.4, 0.5) is 0 Å². The van der Waals surface area contributed by atoms with E-state index in [-0.39, 0.29) is 16.9 Å². The minimum atomic E-state index is -0.584. The number of esters is 1. The molecule has 1 N–H and O–H groups in total. The summed E-state index contributed by atoms with van der Waals surface area (Å²) < 4.78 is 9.13. The lowest BCUT2D eigenvalue weighted by molar-refractivity contribution is 0.0594. The molecule has 1 aromatic rings. The third-order valence-corrected chi connectivity index (χ3v) is 1.50. The Morgan fingerprint density at radius 2 is 2.15 bits per heavy atom. The largest absolute Gasteiger partial charge is 0.491 e. The molecule has 1 heterocycles. The summed E-state index contributed by atoms with van der Waals surface area (Å²) in [5.41, 5.74) is -0.255. The Kier molecular flexibility index (Phi) is 2.69. The van der Waals surface area contributed by atoms with Crippen LogP contribution in [0.15, 0.2) is 17.1 Å². The van der Waals surface area contributed by atoms with Crippen LogP contribution in [0.2, 0.25) is 0 Å². The summed E-state index contributed by atoms with van der Waals surface area (Å²) in [5, 5.41) is 0. The number of pyridine rings is 1. The highest BCUT2D eigenvalue weighted by Gasteiger charge is 2.07. The van der Waals surface area contributed by atoms with Gasteiger partial charge in [0.25, 0.3) is 0 Å². The maximum absolute atomic E-state index is 11.1. The number of rotatable bonds is 2. The maximum atomic E-state index is 11.1. The van der Waals surface area contributed by atoms with Crippen molar-refractivity contribution in [1.29, 1.82) is 0 Å². The van der Waals surface area contributed by atoms with Crippen molar-refractivity contribution in [2.24, 2.45) is 0 Å². The number of hydrogen-bond acceptors (Lipinski definition) is 4. The Morgan fingerprint density at radius 1 is 1.46 bits per heavy atom. The standard InChI is InChI=1S/C8H9NO4/c1-12-7-4-9-5(3-6(7)10)8(11)13-2/h3-4H,1-2H3,(H,9,10). The fraction of sp³-hybridized carbons (Fsp3) is 0.250. The Hall–Kier alpha value is -1.78. The van der Waals surface area contributed by atoms with Gasteiger partial charge in [0.1, 0.15) is 5.69 Å². The van der Waals surface area contributed by atoms with Gasteiger partial charge in [0.2, 0.25) is 5.43 Å². The van der Waals surface area contributed by atoms with Gasteiger partial charge in [-0.1, -0.05) is 0 Å². The molecule has 1 aromatic heterocycles. The van der Waals surface area contributed by atoms with Gasteiger partial charge in [-0.05, 0) is 0 Å². The lowest BCUT2D eigenvalue weighted by Gasteiger charge is -2.00. The zero-order valence-corrected chi connectivity index (χ0v) is 7.29. The summed E-state index contributed by atoms with van der Waals surface area (Å²) in [4.78, 5) is 24.7. The van der Waals surface area contributed by atoms with E-state index in [0.717, 1.165) is 6.07 Å². The number of methoxy groups -OCH3 is 2. The number of carbonyl (C=O) groups excluding carboxylic acids is 1. The van der Waals surface area contributed by atoms with Crippen molar-refractivity contribution in [3.8, 4) is 5.75 Å². The van der Waals surface area contributed by atoms with Gasteiger partial charge in [0.05, 0.1) is 14.2 Å². The molecule has 0 amide bonds. The quantitative estimate of drug-likeness (QED) is 0.663. The molecule has 0 atom stereocenters. The van der Waals surface area contributed by atoms with Crippen molar-refractivity contribution in [2.75, 3.05) is 14.2 Å². The van der Waals surface area contributed by atoms with Crippen LogP contribution in [0.5, 0.6) is 5.75 Å². The first-order chi connectivity index (χ1) is 6.19. The van der Waals surface area contributed by atoms with Gasteiger partial charge in [-0.3, -0.25) is 4.79 Å². The van der Waals surface area contributed by atoms with Gasteiger partial charge in [0.15, 0.2) is 5.75 Å². The first kappa shape index (κ1) is 9.31. The van der Waals surface area contributed by atoms with Crippen LogP contribution in [0.1, 0.15) is 10.5 Å². The molecule has 0 aliphatic carbocycles. The third kappa shape index (κ3) is 1.87. The van der Waals surface area contributed by atoms with E-state index in [0.29, 0.717) is 0 Å². The molecule has 0 saturated heterocycles. The first-order valence-electron chi connectivity index (χ1n) is 3.54. The minimum Gasteiger partial charge on any atom is -0.491 e. The summed E-state index contributed by atoms with van der Waals surface area (Å²) in [6.45, 7) is 0. The Bertz CT molecular complexity index is 369. The number of hydrogen-bond donors (Lipinski definition) is 1. The average Bonchev–Trinajstić information content (AvgIpc) is 2.16. The second-order valence-corrected chi connectivity index (χ2v) is 2.27. The summed E-state index contributed by atoms with van der Waals surface area (Å²) in [6.07, 6.45) is 1.31. The van der Waals surface area contributed by atoms with E-state index in [9.17, 15) is 9.59 Å². The van der Waals surface area contributed by atoms with E-state index in [2.05, 4.69) is 9.72 Å². The average molecular weight is 183 g/mol. The fourth-order valence-corrected chi connectivity index (χ4v) is 0.846. The highest BCUT2D eigenvalue weighted by molar-refractivity contribution is 5.87. The van der Waals surface area contributed by atoms with E-state index in [1.54, 1.807) is 0 Å². The number of ether oxygens (including phenoxy) is 2. The lowest BCUT2D eigenvalue weighted by Crippen LogP contribution is -2.11. The molecule has 70 valence electrons. The molecule has 0 radical (unpaired) electrons. The summed E-state index contributed by atoms with van der Waals surface area (Å²) in [5.74, 6) is -0.424. The molecule has 13 heavy (non-hydrogen) atoms. The molecule has 0 bridgehead atoms. The third-order valence-electron chi connectivity index (χ3n) is 1.50. The molecule has 5 heteroatoms. The van der Waals surface area contributed by atoms with Crippen LogP contribution in [0.25, 0.3) is 0 Å². The van der Waals surface area contributed by atoms with Crippen molar-refractivity contribution >= 4 is 5.97 Å². The van der Waals surface area contributed by atoms with Gasteiger partial charge < -0.3 is 14.5 Å². The molecule has 0 aliphatic heterocycles. The van der Waals surface area contributed by atoms with Crippen LogP contribution in [-0.2, 0) is 4.74 Å². The van der Waals surface area contributed by atoms with Gasteiger partial charge >= 0.3 is 5.97 Å². The Balaban J connectivity index is 3.10. The smallest absolute Gasteiger partial charge is 0.354 e. The predicted molar refractivity (Wildman–Crippen MR) is 45.0 cm³/mol. The fourth-order valence-electron chi connectivity index (χ4n) is 0.846. The van der Waals surface area contributed by atoms with Gasteiger partial charge in [-0.25, -0.2) is 4.79 Å². The number of H-pyrrole nitrogens is 1. The van der Waals surface area contributed by atoms with Crippen LogP contribution in [-0.4, -0.2) is 25.2 Å². The maximum Gasteiger partial charge on any atom is 0.354 e. The topological polar surface area (TPSA) is 68.4 Å². The van der Waals surface area contributed by atoms with Gasteiger partial charge in [-0.2, -0.15) is 0 Å². The summed E-state index contributed by atoms with van der Waals surface area (Å²) >= 11 is 0. The lowest BCUT2D eigenvalue weighted by atomic mass is 10.3. The summed E-state index contributed by atoms with van der Waals surface area (Å²) in [6, 6.07) is 1.13. The van der Waals surface area contributed by atoms with Crippen molar-refractivity contribution < 1.29 is 14.3 Å². The second-order valence-electron chi connectivity index (χ2n) is 2.27. The highest BCUT2D eigenvalue weighted by Crippen LogP contribution is 2.01. The SMILES string of the molecule is COC(=O)c1cc(=O)c(OC)c[nH]1. The van der Waals surface area contributed by atoms with Crippen molar-refractivity contribution in [2.45, 2.75) is 0 Å². The molecule has 0 fully saturated rings. The molecule has 0 spiro atoms. The van der Waals surface area contributed by atoms with Crippen LogP contribution < -0.4 is 10.2 Å². The normalized spacial score (nSPS) is 9.38. The first-order valence-corrected chi connectivity index (χ1v) is 3.54. The van der Waals surface area contributed by atoms with E-state index in [1.165, 1.54) is 20.4 Å². The molecule has 0 aliphatic rings. The van der Waals surface area contributed by atoms with E-state index < -0.39 is 5.97 Å². The van der Waals surface area contributed by atoms with Crippen molar-refractivity contribution in [3.05, 3.63) is 28.2 Å². The van der Waals surface area contributed by atoms with Crippen LogP contribution in [0, 0.1) is 0 Å². The molecule has 0 unspecified atom stereocenters. The van der Waals surface area contributed by atoms with Gasteiger partial charge in [-0.15, -0.1) is 0 Å². The zero-order valence-electron chi connectivity index (χ0n) is 7.29. The monoisotopic (exact) mass is 183 g/mol. The molecular formula is C8H9NO4. The van der Waals surface area contributed by atoms with Crippen molar-refractivity contribution in [1.82, 2.24) is 4.98 Å². The molecule has 0 aromatic carbocycles. The van der Waals surface area contributed by atoms with E-state index in [4.69, 9.17) is 4.74 Å². The predicted octanol–water partition coefficient (Wildman–Crippen LogP) is 0.170. The summed E-state index contributed by atoms with van der Waals surface area (Å²) in [7, 11) is 2.62. The molecule has 1 rings (SSSR count). The zero-order chi connectivity index (χ0) is 9.84. The van der Waals surface area contributed by atoms with Gasteiger partial charge in [0, 0.05) is 12.3 Å². The van der Waals surface area contributed by atoms with Crippen LogP contribution >= 0.6 is 0 Å². The number of aromatic amines is 1. The van der Waals surface area contributed by atoms with Crippen molar-refractivity contribution in [3.63, 3.8) is 0 Å². The Labute approximate surface area is 74.3 Å². The molecular weight excluding hydrogens is 174 g/mol. The Morgan fingerprint density at radius 3 is 2.62 bits per heavy atom. The number of aromatic nitrogens is 1. The number of nitrogens with one attached hydrogen (secondary N) is 1. The minimum absolute atomic E-state index is 0.105. The number of carbonyl (C=O) groups is 1. The highest BCUT2D eigenvalue weighted by atomic mass is 16.5. The van der Waals surface area contributed by atoms with E-state index in [1.807, 2.05) is 0 Å². The molecule has 5 nitrogen and oxygen atoms in total.